The maximum absolute atomic E-state index is 11.3. The lowest BCUT2D eigenvalue weighted by Gasteiger charge is -2.17. The minimum Gasteiger partial charge on any atom is -0.321 e. The average molecular weight is 189 g/mol. The number of benzene rings is 1. The lowest BCUT2D eigenvalue weighted by Crippen LogP contribution is -2.27. The van der Waals surface area contributed by atoms with E-state index in [0.717, 1.165) is 5.56 Å². The van der Waals surface area contributed by atoms with Crippen molar-refractivity contribution >= 4 is 6.03 Å². The van der Waals surface area contributed by atoms with E-state index >= 15 is 0 Å². The van der Waals surface area contributed by atoms with Gasteiger partial charge in [0.1, 0.15) is 6.04 Å². The molecule has 1 aromatic rings. The highest BCUT2D eigenvalue weighted by Crippen LogP contribution is 2.26. The molecule has 0 saturated carbocycles. The molecule has 1 radical (unpaired) electrons. The van der Waals surface area contributed by atoms with E-state index in [1.54, 1.807) is 11.9 Å². The van der Waals surface area contributed by atoms with Gasteiger partial charge in [0, 0.05) is 7.05 Å². The van der Waals surface area contributed by atoms with Crippen LogP contribution in [0.3, 0.4) is 0 Å². The van der Waals surface area contributed by atoms with Crippen molar-refractivity contribution in [1.29, 1.82) is 0 Å². The largest absolute Gasteiger partial charge is 0.339 e. The van der Waals surface area contributed by atoms with E-state index < -0.39 is 0 Å². The molecule has 0 bridgehead atoms. The summed E-state index contributed by atoms with van der Waals surface area (Å²) in [6, 6.07) is 9.97. The van der Waals surface area contributed by atoms with Crippen LogP contribution in [-0.4, -0.2) is 24.0 Å². The first-order valence-electron chi connectivity index (χ1n) is 4.72. The summed E-state index contributed by atoms with van der Waals surface area (Å²) in [4.78, 5) is 13.0. The SMILES string of the molecule is CC1C(c2ccccc2)[N]C(=O)N1C. The van der Waals surface area contributed by atoms with Crippen LogP contribution in [0.5, 0.6) is 0 Å². The maximum Gasteiger partial charge on any atom is 0.339 e. The molecule has 0 aliphatic carbocycles. The summed E-state index contributed by atoms with van der Waals surface area (Å²) in [5, 5.41) is 4.11. The number of urea groups is 1. The second kappa shape index (κ2) is 3.33. The number of likely N-dealkylation sites (N-methyl/N-ethyl adjacent to an activating group) is 1. The number of rotatable bonds is 1. The van der Waals surface area contributed by atoms with Gasteiger partial charge in [-0.25, -0.2) is 10.1 Å². The van der Waals surface area contributed by atoms with Gasteiger partial charge in [-0.1, -0.05) is 30.3 Å². The Morgan fingerprint density at radius 3 is 2.43 bits per heavy atom. The highest BCUT2D eigenvalue weighted by molar-refractivity contribution is 5.77. The maximum atomic E-state index is 11.3. The van der Waals surface area contributed by atoms with Crippen LogP contribution < -0.4 is 5.32 Å². The smallest absolute Gasteiger partial charge is 0.321 e. The molecule has 0 aromatic heterocycles. The van der Waals surface area contributed by atoms with Gasteiger partial charge < -0.3 is 4.90 Å². The quantitative estimate of drug-likeness (QED) is 0.663. The fraction of sp³-hybridized carbons (Fsp3) is 0.364. The Morgan fingerprint density at radius 2 is 1.93 bits per heavy atom. The number of carbonyl (C=O) groups is 1. The second-order valence-electron chi connectivity index (χ2n) is 3.62. The van der Waals surface area contributed by atoms with E-state index in [1.807, 2.05) is 37.3 Å². The Kier molecular flexibility index (Phi) is 2.15. The number of nitrogens with zero attached hydrogens (tertiary/aromatic N) is 2. The van der Waals surface area contributed by atoms with Crippen LogP contribution in [0.15, 0.2) is 30.3 Å². The monoisotopic (exact) mass is 189 g/mol. The first-order chi connectivity index (χ1) is 6.70. The molecular weight excluding hydrogens is 176 g/mol. The lowest BCUT2D eigenvalue weighted by molar-refractivity contribution is 0.218. The van der Waals surface area contributed by atoms with Gasteiger partial charge in [0.25, 0.3) is 0 Å². The van der Waals surface area contributed by atoms with Crippen LogP contribution in [-0.2, 0) is 0 Å². The summed E-state index contributed by atoms with van der Waals surface area (Å²) >= 11 is 0. The van der Waals surface area contributed by atoms with E-state index in [-0.39, 0.29) is 18.1 Å². The molecule has 2 rings (SSSR count). The van der Waals surface area contributed by atoms with Gasteiger partial charge >= 0.3 is 6.03 Å². The van der Waals surface area contributed by atoms with E-state index in [4.69, 9.17) is 0 Å². The Hall–Kier alpha value is -1.51. The summed E-state index contributed by atoms with van der Waals surface area (Å²) in [5.74, 6) is 0. The molecule has 3 heteroatoms. The molecular formula is C11H13N2O. The van der Waals surface area contributed by atoms with Crippen molar-refractivity contribution < 1.29 is 4.79 Å². The molecule has 3 nitrogen and oxygen atoms in total. The molecule has 2 unspecified atom stereocenters. The van der Waals surface area contributed by atoms with Crippen LogP contribution in [0.2, 0.25) is 0 Å². The minimum absolute atomic E-state index is 0.00583. The van der Waals surface area contributed by atoms with Crippen molar-refractivity contribution in [2.24, 2.45) is 0 Å². The Balaban J connectivity index is 2.26. The topological polar surface area (TPSA) is 34.4 Å². The van der Waals surface area contributed by atoms with Crippen LogP contribution in [0.4, 0.5) is 4.79 Å². The van der Waals surface area contributed by atoms with Gasteiger partial charge in [-0.05, 0) is 12.5 Å². The molecule has 1 aliphatic rings. The van der Waals surface area contributed by atoms with Crippen molar-refractivity contribution in [2.45, 2.75) is 19.0 Å². The summed E-state index contributed by atoms with van der Waals surface area (Å²) < 4.78 is 0. The fourth-order valence-corrected chi connectivity index (χ4v) is 1.71. The third kappa shape index (κ3) is 1.35. The third-order valence-corrected chi connectivity index (χ3v) is 2.76. The van der Waals surface area contributed by atoms with Crippen molar-refractivity contribution in [2.75, 3.05) is 7.05 Å². The van der Waals surface area contributed by atoms with Crippen LogP contribution in [0, 0.1) is 0 Å². The Labute approximate surface area is 83.7 Å². The van der Waals surface area contributed by atoms with E-state index in [0.29, 0.717) is 0 Å². The standard InChI is InChI=1S/C11H13N2O/c1-8-10(12-11(14)13(8)2)9-6-4-3-5-7-9/h3-8,10H,1-2H3. The summed E-state index contributed by atoms with van der Waals surface area (Å²) in [5.41, 5.74) is 1.11. The molecule has 1 heterocycles. The van der Waals surface area contributed by atoms with Gasteiger partial charge in [-0.3, -0.25) is 0 Å². The zero-order chi connectivity index (χ0) is 10.1. The second-order valence-corrected chi connectivity index (χ2v) is 3.62. The lowest BCUT2D eigenvalue weighted by atomic mass is 10.0. The summed E-state index contributed by atoms with van der Waals surface area (Å²) in [6.45, 7) is 2.02. The number of hydrogen-bond donors (Lipinski definition) is 0. The van der Waals surface area contributed by atoms with Crippen molar-refractivity contribution in [3.8, 4) is 0 Å². The fourth-order valence-electron chi connectivity index (χ4n) is 1.71. The molecule has 2 atom stereocenters. The number of hydrogen-bond acceptors (Lipinski definition) is 1. The van der Waals surface area contributed by atoms with Gasteiger partial charge in [0.05, 0.1) is 6.04 Å². The predicted molar refractivity (Wildman–Crippen MR) is 53.9 cm³/mol. The molecule has 0 spiro atoms. The zero-order valence-corrected chi connectivity index (χ0v) is 8.34. The summed E-state index contributed by atoms with van der Waals surface area (Å²) in [6.07, 6.45) is 0. The predicted octanol–water partition coefficient (Wildman–Crippen LogP) is 1.79. The molecule has 1 saturated heterocycles. The zero-order valence-electron chi connectivity index (χ0n) is 8.34. The van der Waals surface area contributed by atoms with Crippen LogP contribution >= 0.6 is 0 Å². The minimum atomic E-state index is -0.119. The Bertz CT molecular complexity index is 336. The summed E-state index contributed by atoms with van der Waals surface area (Å²) in [7, 11) is 1.79. The van der Waals surface area contributed by atoms with Gasteiger partial charge in [-0.2, -0.15) is 0 Å². The van der Waals surface area contributed by atoms with Gasteiger partial charge in [-0.15, -0.1) is 0 Å². The molecule has 1 aromatic carbocycles. The van der Waals surface area contributed by atoms with Gasteiger partial charge in [0.2, 0.25) is 0 Å². The molecule has 1 aliphatic heterocycles. The molecule has 2 amide bonds. The van der Waals surface area contributed by atoms with E-state index in [2.05, 4.69) is 5.32 Å². The number of amides is 2. The highest BCUT2D eigenvalue weighted by Gasteiger charge is 2.36. The molecule has 73 valence electrons. The van der Waals surface area contributed by atoms with Crippen LogP contribution in [0.1, 0.15) is 18.5 Å². The normalized spacial score (nSPS) is 26.4. The van der Waals surface area contributed by atoms with E-state index in [1.165, 1.54) is 0 Å². The van der Waals surface area contributed by atoms with Crippen molar-refractivity contribution in [3.05, 3.63) is 35.9 Å². The Morgan fingerprint density at radius 1 is 1.29 bits per heavy atom. The first kappa shape index (κ1) is 9.06. The third-order valence-electron chi connectivity index (χ3n) is 2.76. The van der Waals surface area contributed by atoms with Crippen molar-refractivity contribution in [1.82, 2.24) is 10.2 Å². The average Bonchev–Trinajstić information content (AvgIpc) is 2.47. The van der Waals surface area contributed by atoms with E-state index in [9.17, 15) is 4.79 Å². The highest BCUT2D eigenvalue weighted by atomic mass is 16.2. The molecule has 1 fully saturated rings. The van der Waals surface area contributed by atoms with Crippen molar-refractivity contribution in [3.63, 3.8) is 0 Å². The molecule has 0 N–H and O–H groups in total. The number of carbonyl (C=O) groups excluding carboxylic acids is 1. The molecule has 14 heavy (non-hydrogen) atoms. The van der Waals surface area contributed by atoms with Crippen LogP contribution in [0.25, 0.3) is 0 Å². The first-order valence-corrected chi connectivity index (χ1v) is 4.72. The van der Waals surface area contributed by atoms with Gasteiger partial charge in [0.15, 0.2) is 0 Å².